The zero-order valence-corrected chi connectivity index (χ0v) is 33.4. The van der Waals surface area contributed by atoms with Gasteiger partial charge in [0.05, 0.1) is 23.7 Å². The van der Waals surface area contributed by atoms with Crippen LogP contribution < -0.4 is 5.73 Å². The molecule has 6 saturated carbocycles. The van der Waals surface area contributed by atoms with Crippen LogP contribution in [0.5, 0.6) is 0 Å². The Morgan fingerprint density at radius 1 is 0.750 bits per heavy atom. The Hall–Kier alpha value is -3.29. The molecule has 9 aliphatic carbocycles. The van der Waals surface area contributed by atoms with Gasteiger partial charge in [-0.05, 0) is 123 Å². The van der Waals surface area contributed by atoms with Crippen molar-refractivity contribution in [2.75, 3.05) is 0 Å². The summed E-state index contributed by atoms with van der Waals surface area (Å²) < 4.78 is 11.9. The summed E-state index contributed by atoms with van der Waals surface area (Å²) in [6.07, 6.45) is 15.7. The van der Waals surface area contributed by atoms with E-state index in [1.54, 1.807) is 6.08 Å². The van der Waals surface area contributed by atoms with Gasteiger partial charge < -0.3 is 25.4 Å². The second kappa shape index (κ2) is 11.5. The molecule has 10 nitrogen and oxygen atoms in total. The number of Topliss-reactive ketones (excluding diaryl/α,β-unsaturated/α-hetero) is 1. The lowest BCUT2D eigenvalue weighted by atomic mass is 9.39. The maximum atomic E-state index is 12.9. The molecular formula is C46H58N2O8. The number of fused-ring (bicyclic) bond motifs is 13. The third-order valence-electron chi connectivity index (χ3n) is 19.6. The summed E-state index contributed by atoms with van der Waals surface area (Å²) in [4.78, 5) is 48.8. The molecule has 2 heterocycles. The molecule has 16 atom stereocenters. The molecule has 14 unspecified atom stereocenters. The van der Waals surface area contributed by atoms with Crippen molar-refractivity contribution in [3.05, 3.63) is 35.1 Å². The first-order valence-corrected chi connectivity index (χ1v) is 21.6. The van der Waals surface area contributed by atoms with Crippen molar-refractivity contribution in [2.24, 2.45) is 74.2 Å². The molecule has 2 bridgehead atoms. The number of nitrogens with zero attached hydrogens (tertiary/aromatic N) is 1. The highest BCUT2D eigenvalue weighted by molar-refractivity contribution is 6.00. The third-order valence-corrected chi connectivity index (χ3v) is 19.6. The minimum atomic E-state index is -0.872. The topological polar surface area (TPSA) is 177 Å². The SMILES string of the molecule is CC12CCC(=O)C3=C(N)C(CC31C#N)C1C2C(O)CC2(C)C1CC[C@@]21CCC(=O)O1.CC12CCC(=O)C=C1C=CC1C2[C@H](O)CC2(C)C1CCC21CCC(=O)O1. The van der Waals surface area contributed by atoms with E-state index >= 15 is 0 Å². The molecule has 8 fully saturated rings. The molecule has 0 radical (unpaired) electrons. The standard InChI is InChI=1S/C24H30N2O4.C22H28O4/c1-21-6-4-14(27)19-20(26)12(9-23(19,21)11-25)17-13-3-7-24(8-5-16(29)30-24)22(13,2)10-15(28)18(17)21;1-20-8-5-14(23)11-13(20)3-4-15-16-6-9-22(10-7-18(25)26-22)21(16,2)12-17(24)19(15)20/h12-13,15,17-18,28H,3-10,26H2,1-2H3;3-4,11,15-17,19,24H,5-10,12H2,1-2H3/t12?,13?,15?,17?,18?,21?,22?,23?,24-;15?,16?,17-,19?,20?,21?,22?/m11/s1. The maximum absolute atomic E-state index is 12.9. The molecule has 11 rings (SSSR count). The van der Waals surface area contributed by atoms with Gasteiger partial charge in [0.2, 0.25) is 0 Å². The fourth-order valence-electron chi connectivity index (χ4n) is 17.0. The van der Waals surface area contributed by atoms with E-state index in [9.17, 15) is 34.7 Å². The summed E-state index contributed by atoms with van der Waals surface area (Å²) in [5, 5.41) is 33.3. The highest BCUT2D eigenvalue weighted by Crippen LogP contribution is 2.77. The van der Waals surface area contributed by atoms with Gasteiger partial charge in [0, 0.05) is 59.6 Å². The molecule has 0 aromatic rings. The first-order chi connectivity index (χ1) is 26.4. The van der Waals surface area contributed by atoms with E-state index in [1.807, 2.05) is 0 Å². The van der Waals surface area contributed by atoms with Crippen LogP contribution in [0.3, 0.4) is 0 Å². The Morgan fingerprint density at radius 3 is 1.96 bits per heavy atom. The van der Waals surface area contributed by atoms with Crippen molar-refractivity contribution < 1.29 is 38.9 Å². The number of allylic oxidation sites excluding steroid dienone is 6. The largest absolute Gasteiger partial charge is 0.458 e. The Morgan fingerprint density at radius 2 is 1.36 bits per heavy atom. The summed E-state index contributed by atoms with van der Waals surface area (Å²) in [5.41, 5.74) is 6.15. The van der Waals surface area contributed by atoms with E-state index in [-0.39, 0.29) is 80.9 Å². The van der Waals surface area contributed by atoms with E-state index in [2.05, 4.69) is 45.9 Å². The van der Waals surface area contributed by atoms with Crippen LogP contribution in [-0.2, 0) is 28.7 Å². The number of nitrogens with two attached hydrogens (primary N) is 1. The number of carbonyl (C=O) groups excluding carboxylic acids is 4. The number of aliphatic hydroxyl groups is 2. The van der Waals surface area contributed by atoms with Gasteiger partial charge in [-0.3, -0.25) is 19.2 Å². The normalized spacial score (nSPS) is 54.3. The van der Waals surface area contributed by atoms with Crippen LogP contribution in [0.4, 0.5) is 0 Å². The number of rotatable bonds is 0. The Bertz CT molecular complexity index is 2000. The van der Waals surface area contributed by atoms with Gasteiger partial charge in [-0.2, -0.15) is 5.26 Å². The molecule has 4 N–H and O–H groups in total. The Balaban J connectivity index is 0.000000139. The van der Waals surface area contributed by atoms with Crippen molar-refractivity contribution >= 4 is 23.5 Å². The highest BCUT2D eigenvalue weighted by Gasteiger charge is 2.77. The van der Waals surface area contributed by atoms with E-state index in [0.717, 1.165) is 50.5 Å². The molecule has 2 spiro atoms. The molecule has 300 valence electrons. The monoisotopic (exact) mass is 766 g/mol. The van der Waals surface area contributed by atoms with Gasteiger partial charge in [0.1, 0.15) is 11.2 Å². The summed E-state index contributed by atoms with van der Waals surface area (Å²) in [7, 11) is 0. The second-order valence-corrected chi connectivity index (χ2v) is 21.2. The lowest BCUT2D eigenvalue weighted by Crippen LogP contribution is -2.64. The maximum Gasteiger partial charge on any atom is 0.306 e. The molecule has 2 aliphatic heterocycles. The molecule has 0 amide bonds. The zero-order valence-electron chi connectivity index (χ0n) is 33.4. The predicted molar refractivity (Wildman–Crippen MR) is 202 cm³/mol. The lowest BCUT2D eigenvalue weighted by Gasteiger charge is -2.64. The van der Waals surface area contributed by atoms with E-state index < -0.39 is 28.6 Å². The van der Waals surface area contributed by atoms with Crippen molar-refractivity contribution in [1.82, 2.24) is 0 Å². The molecule has 11 aliphatic rings. The van der Waals surface area contributed by atoms with Crippen LogP contribution in [0.2, 0.25) is 0 Å². The zero-order chi connectivity index (χ0) is 39.6. The fraction of sp³-hybridized carbons (Fsp3) is 0.761. The fourth-order valence-corrected chi connectivity index (χ4v) is 17.0. The van der Waals surface area contributed by atoms with Gasteiger partial charge >= 0.3 is 11.9 Å². The van der Waals surface area contributed by atoms with Crippen LogP contribution in [-0.4, -0.2) is 57.1 Å². The van der Waals surface area contributed by atoms with Crippen molar-refractivity contribution in [2.45, 2.75) is 147 Å². The molecule has 0 aromatic carbocycles. The third kappa shape index (κ3) is 4.20. The molecular weight excluding hydrogens is 709 g/mol. The Kier molecular flexibility index (Phi) is 7.58. The Labute approximate surface area is 329 Å². The van der Waals surface area contributed by atoms with E-state index in [0.29, 0.717) is 68.6 Å². The van der Waals surface area contributed by atoms with Crippen molar-refractivity contribution in [3.63, 3.8) is 0 Å². The summed E-state index contributed by atoms with van der Waals surface area (Å²) in [5.74, 6) is 1.16. The van der Waals surface area contributed by atoms with Crippen LogP contribution in [0.15, 0.2) is 35.1 Å². The second-order valence-electron chi connectivity index (χ2n) is 21.2. The predicted octanol–water partition coefficient (Wildman–Crippen LogP) is 5.94. The van der Waals surface area contributed by atoms with Gasteiger partial charge in [0.25, 0.3) is 0 Å². The minimum absolute atomic E-state index is 0.0255. The highest BCUT2D eigenvalue weighted by atomic mass is 16.6. The van der Waals surface area contributed by atoms with Gasteiger partial charge in [0.15, 0.2) is 11.6 Å². The van der Waals surface area contributed by atoms with E-state index in [1.165, 1.54) is 0 Å². The van der Waals surface area contributed by atoms with Crippen LogP contribution in [0.25, 0.3) is 0 Å². The molecule has 0 aromatic heterocycles. The average molecular weight is 767 g/mol. The first kappa shape index (κ1) is 37.0. The van der Waals surface area contributed by atoms with Crippen LogP contribution >= 0.6 is 0 Å². The number of hydrogen-bond donors (Lipinski definition) is 3. The van der Waals surface area contributed by atoms with Crippen molar-refractivity contribution in [3.8, 4) is 6.07 Å². The molecule has 10 heteroatoms. The number of nitriles is 1. The number of hydrogen-bond acceptors (Lipinski definition) is 10. The molecule has 2 saturated heterocycles. The lowest BCUT2D eigenvalue weighted by molar-refractivity contribution is -0.209. The number of carbonyl (C=O) groups is 4. The average Bonchev–Trinajstić information content (AvgIpc) is 3.93. The number of ether oxygens (including phenoxy) is 2. The van der Waals surface area contributed by atoms with Crippen molar-refractivity contribution in [1.29, 1.82) is 5.26 Å². The number of ketones is 2. The van der Waals surface area contributed by atoms with Crippen LogP contribution in [0.1, 0.15) is 124 Å². The summed E-state index contributed by atoms with van der Waals surface area (Å²) in [6, 6.07) is 2.55. The quantitative estimate of drug-likeness (QED) is 0.250. The first-order valence-electron chi connectivity index (χ1n) is 21.6. The minimum Gasteiger partial charge on any atom is -0.458 e. The smallest absolute Gasteiger partial charge is 0.306 e. The summed E-state index contributed by atoms with van der Waals surface area (Å²) in [6.45, 7) is 8.81. The van der Waals surface area contributed by atoms with Gasteiger partial charge in [-0.15, -0.1) is 0 Å². The molecule has 56 heavy (non-hydrogen) atoms. The van der Waals surface area contributed by atoms with Gasteiger partial charge in [-0.25, -0.2) is 0 Å². The number of esters is 2. The summed E-state index contributed by atoms with van der Waals surface area (Å²) >= 11 is 0. The van der Waals surface area contributed by atoms with E-state index in [4.69, 9.17) is 15.2 Å². The number of aliphatic hydroxyl groups excluding tert-OH is 2. The van der Waals surface area contributed by atoms with Crippen LogP contribution in [0, 0.1) is 79.8 Å². The van der Waals surface area contributed by atoms with Gasteiger partial charge in [-0.1, -0.05) is 39.8 Å².